The molecule has 1 N–H and O–H groups in total. The highest BCUT2D eigenvalue weighted by Crippen LogP contribution is 2.24. The highest BCUT2D eigenvalue weighted by molar-refractivity contribution is 6.17. The average Bonchev–Trinajstić information content (AvgIpc) is 2.47. The molecule has 0 radical (unpaired) electrons. The van der Waals surface area contributed by atoms with Gasteiger partial charge in [0, 0.05) is 23.6 Å². The molecule has 100 valence electrons. The van der Waals surface area contributed by atoms with E-state index in [2.05, 4.69) is 15.3 Å². The Hall–Kier alpha value is -1.81. The number of hydrogen-bond acceptors (Lipinski definition) is 4. The molecule has 0 aliphatic heterocycles. The van der Waals surface area contributed by atoms with Crippen molar-refractivity contribution in [3.05, 3.63) is 48.0 Å². The van der Waals surface area contributed by atoms with Gasteiger partial charge in [-0.15, -0.1) is 11.6 Å². The zero-order valence-electron chi connectivity index (χ0n) is 10.8. The SMILES string of the molecule is CCOc1ccc(NCc2ncccn2)cc1CCl. The summed E-state index contributed by atoms with van der Waals surface area (Å²) in [5.74, 6) is 2.01. The molecule has 2 rings (SSSR count). The van der Waals surface area contributed by atoms with Crippen LogP contribution in [0.1, 0.15) is 18.3 Å². The van der Waals surface area contributed by atoms with Gasteiger partial charge in [0.25, 0.3) is 0 Å². The van der Waals surface area contributed by atoms with Crippen LogP contribution < -0.4 is 10.1 Å². The second kappa shape index (κ2) is 6.95. The van der Waals surface area contributed by atoms with Gasteiger partial charge in [0.05, 0.1) is 19.0 Å². The second-order valence-corrected chi connectivity index (χ2v) is 4.17. The minimum absolute atomic E-state index is 0.423. The molecule has 1 aromatic carbocycles. The van der Waals surface area contributed by atoms with Crippen LogP contribution in [0.2, 0.25) is 0 Å². The maximum absolute atomic E-state index is 5.92. The van der Waals surface area contributed by atoms with Crippen molar-refractivity contribution in [3.8, 4) is 5.75 Å². The molecule has 1 heterocycles. The van der Waals surface area contributed by atoms with Gasteiger partial charge >= 0.3 is 0 Å². The summed E-state index contributed by atoms with van der Waals surface area (Å²) in [5, 5.41) is 3.27. The van der Waals surface area contributed by atoms with Crippen LogP contribution in [0.15, 0.2) is 36.7 Å². The summed E-state index contributed by atoms with van der Waals surface area (Å²) < 4.78 is 5.51. The first-order valence-corrected chi connectivity index (χ1v) is 6.68. The zero-order chi connectivity index (χ0) is 13.5. The van der Waals surface area contributed by atoms with Crippen LogP contribution >= 0.6 is 11.6 Å². The lowest BCUT2D eigenvalue weighted by Crippen LogP contribution is -2.04. The Morgan fingerprint density at radius 2 is 2.05 bits per heavy atom. The Balaban J connectivity index is 2.05. The van der Waals surface area contributed by atoms with Gasteiger partial charge in [-0.1, -0.05) is 0 Å². The van der Waals surface area contributed by atoms with Gasteiger partial charge in [0.15, 0.2) is 0 Å². The standard InChI is InChI=1S/C14H16ClN3O/c1-2-19-13-5-4-12(8-11(13)9-15)18-10-14-16-6-3-7-17-14/h3-8,18H,2,9-10H2,1H3. The van der Waals surface area contributed by atoms with Crippen molar-refractivity contribution in [1.29, 1.82) is 0 Å². The molecule has 0 atom stereocenters. The van der Waals surface area contributed by atoms with E-state index in [1.165, 1.54) is 0 Å². The van der Waals surface area contributed by atoms with Gasteiger partial charge in [0.2, 0.25) is 0 Å². The lowest BCUT2D eigenvalue weighted by atomic mass is 10.2. The van der Waals surface area contributed by atoms with Gasteiger partial charge in [-0.2, -0.15) is 0 Å². The maximum Gasteiger partial charge on any atom is 0.147 e. The van der Waals surface area contributed by atoms with Crippen molar-refractivity contribution in [1.82, 2.24) is 9.97 Å². The normalized spacial score (nSPS) is 10.2. The Bertz CT molecular complexity index is 519. The molecule has 0 fully saturated rings. The number of anilines is 1. The number of nitrogens with zero attached hydrogens (tertiary/aromatic N) is 2. The molecule has 0 unspecified atom stereocenters. The van der Waals surface area contributed by atoms with Gasteiger partial charge < -0.3 is 10.1 Å². The molecule has 0 saturated carbocycles. The summed E-state index contributed by atoms with van der Waals surface area (Å²) >= 11 is 5.92. The number of nitrogens with one attached hydrogen (secondary N) is 1. The van der Waals surface area contributed by atoms with Crippen LogP contribution in [-0.4, -0.2) is 16.6 Å². The number of hydrogen-bond donors (Lipinski definition) is 1. The van der Waals surface area contributed by atoms with Crippen LogP contribution in [0.25, 0.3) is 0 Å². The van der Waals surface area contributed by atoms with E-state index in [4.69, 9.17) is 16.3 Å². The van der Waals surface area contributed by atoms with Crippen molar-refractivity contribution in [2.24, 2.45) is 0 Å². The molecule has 0 aliphatic rings. The highest BCUT2D eigenvalue weighted by Gasteiger charge is 2.04. The van der Waals surface area contributed by atoms with E-state index in [-0.39, 0.29) is 0 Å². The highest BCUT2D eigenvalue weighted by atomic mass is 35.5. The van der Waals surface area contributed by atoms with Crippen LogP contribution in [0.5, 0.6) is 5.75 Å². The van der Waals surface area contributed by atoms with Crippen molar-refractivity contribution in [2.75, 3.05) is 11.9 Å². The summed E-state index contributed by atoms with van der Waals surface area (Å²) in [4.78, 5) is 8.32. The van der Waals surface area contributed by atoms with E-state index in [1.807, 2.05) is 25.1 Å². The molecule has 5 heteroatoms. The van der Waals surface area contributed by atoms with Gasteiger partial charge in [-0.25, -0.2) is 9.97 Å². The monoisotopic (exact) mass is 277 g/mol. The zero-order valence-corrected chi connectivity index (χ0v) is 11.5. The lowest BCUT2D eigenvalue weighted by Gasteiger charge is -2.11. The smallest absolute Gasteiger partial charge is 0.147 e. The molecule has 19 heavy (non-hydrogen) atoms. The molecule has 0 amide bonds. The van der Waals surface area contributed by atoms with Gasteiger partial charge in [-0.3, -0.25) is 0 Å². The van der Waals surface area contributed by atoms with Crippen molar-refractivity contribution >= 4 is 17.3 Å². The number of aromatic nitrogens is 2. The summed E-state index contributed by atoms with van der Waals surface area (Å²) in [5.41, 5.74) is 1.95. The van der Waals surface area contributed by atoms with Gasteiger partial charge in [-0.05, 0) is 31.2 Å². The van der Waals surface area contributed by atoms with E-state index < -0.39 is 0 Å². The first-order valence-electron chi connectivity index (χ1n) is 6.15. The summed E-state index contributed by atoms with van der Waals surface area (Å²) in [6.45, 7) is 3.17. The third-order valence-corrected chi connectivity index (χ3v) is 2.86. The Labute approximate surface area is 117 Å². The average molecular weight is 278 g/mol. The molecule has 0 aliphatic carbocycles. The summed E-state index contributed by atoms with van der Waals surface area (Å²) in [7, 11) is 0. The Morgan fingerprint density at radius 1 is 1.26 bits per heavy atom. The number of ether oxygens (including phenoxy) is 1. The minimum Gasteiger partial charge on any atom is -0.494 e. The number of benzene rings is 1. The predicted molar refractivity (Wildman–Crippen MR) is 76.5 cm³/mol. The topological polar surface area (TPSA) is 47.0 Å². The maximum atomic E-state index is 5.92. The first-order chi connectivity index (χ1) is 9.33. The molecule has 0 spiro atoms. The largest absolute Gasteiger partial charge is 0.494 e. The fourth-order valence-electron chi connectivity index (χ4n) is 1.69. The molecule has 4 nitrogen and oxygen atoms in total. The Kier molecular flexibility index (Phi) is 4.98. The van der Waals surface area contributed by atoms with E-state index >= 15 is 0 Å². The molecular formula is C14H16ClN3O. The van der Waals surface area contributed by atoms with E-state index in [0.717, 1.165) is 22.8 Å². The predicted octanol–water partition coefficient (Wildman–Crippen LogP) is 3.23. The van der Waals surface area contributed by atoms with Crippen LogP contribution in [0.4, 0.5) is 5.69 Å². The first kappa shape index (κ1) is 13.6. The van der Waals surface area contributed by atoms with Crippen molar-refractivity contribution < 1.29 is 4.74 Å². The number of rotatable bonds is 6. The third-order valence-electron chi connectivity index (χ3n) is 2.57. The van der Waals surface area contributed by atoms with Crippen molar-refractivity contribution in [2.45, 2.75) is 19.3 Å². The van der Waals surface area contributed by atoms with E-state index in [0.29, 0.717) is 19.0 Å². The molecule has 2 aromatic rings. The summed E-state index contributed by atoms with van der Waals surface area (Å²) in [6.07, 6.45) is 3.46. The second-order valence-electron chi connectivity index (χ2n) is 3.91. The quantitative estimate of drug-likeness (QED) is 0.824. The molecular weight excluding hydrogens is 262 g/mol. The van der Waals surface area contributed by atoms with Crippen LogP contribution in [0, 0.1) is 0 Å². The molecule has 1 aromatic heterocycles. The lowest BCUT2D eigenvalue weighted by molar-refractivity contribution is 0.337. The van der Waals surface area contributed by atoms with E-state index in [9.17, 15) is 0 Å². The van der Waals surface area contributed by atoms with E-state index in [1.54, 1.807) is 18.5 Å². The number of alkyl halides is 1. The van der Waals surface area contributed by atoms with Crippen LogP contribution in [-0.2, 0) is 12.4 Å². The Morgan fingerprint density at radius 3 is 2.74 bits per heavy atom. The van der Waals surface area contributed by atoms with Gasteiger partial charge in [0.1, 0.15) is 11.6 Å². The molecule has 0 saturated heterocycles. The fourth-order valence-corrected chi connectivity index (χ4v) is 1.90. The number of halogens is 1. The summed E-state index contributed by atoms with van der Waals surface area (Å²) in [6, 6.07) is 7.67. The van der Waals surface area contributed by atoms with Crippen LogP contribution in [0.3, 0.4) is 0 Å². The molecule has 0 bridgehead atoms. The van der Waals surface area contributed by atoms with Crippen molar-refractivity contribution in [3.63, 3.8) is 0 Å². The minimum atomic E-state index is 0.423. The third kappa shape index (κ3) is 3.83. The fraction of sp³-hybridized carbons (Fsp3) is 0.286.